The van der Waals surface area contributed by atoms with Gasteiger partial charge in [-0.25, -0.2) is 10.8 Å². The van der Waals surface area contributed by atoms with Crippen molar-refractivity contribution in [2.24, 2.45) is 5.84 Å². The summed E-state index contributed by atoms with van der Waals surface area (Å²) in [5.41, 5.74) is 6.61. The molecule has 25 heavy (non-hydrogen) atoms. The lowest BCUT2D eigenvalue weighted by molar-refractivity contribution is 0.583. The summed E-state index contributed by atoms with van der Waals surface area (Å²) in [6.07, 6.45) is 0. The Morgan fingerprint density at radius 1 is 0.920 bits per heavy atom. The lowest BCUT2D eigenvalue weighted by Crippen LogP contribution is -2.06. The number of anilines is 1. The third-order valence-electron chi connectivity index (χ3n) is 3.78. The second kappa shape index (κ2) is 6.46. The van der Waals surface area contributed by atoms with E-state index in [1.165, 1.54) is 22.5 Å². The van der Waals surface area contributed by atoms with Crippen LogP contribution in [0, 0.1) is 6.92 Å². The Hall–Kier alpha value is -3.03. The normalized spacial score (nSPS) is 10.8. The molecule has 0 saturated heterocycles. The molecule has 0 bridgehead atoms. The predicted octanol–water partition coefficient (Wildman–Crippen LogP) is 4.12. The molecule has 4 rings (SSSR count). The van der Waals surface area contributed by atoms with E-state index in [0.29, 0.717) is 5.89 Å². The molecular formula is C18H15N5OS. The van der Waals surface area contributed by atoms with Crippen LogP contribution in [-0.4, -0.2) is 15.2 Å². The van der Waals surface area contributed by atoms with Gasteiger partial charge in [-0.2, -0.15) is 0 Å². The summed E-state index contributed by atoms with van der Waals surface area (Å²) in [6.45, 7) is 1.92. The molecule has 0 fully saturated rings. The highest BCUT2D eigenvalue weighted by atomic mass is 32.1. The van der Waals surface area contributed by atoms with Crippen molar-refractivity contribution >= 4 is 17.4 Å². The maximum absolute atomic E-state index is 5.44. The monoisotopic (exact) mass is 349 g/mol. The Morgan fingerprint density at radius 2 is 1.60 bits per heavy atom. The molecule has 0 aliphatic rings. The average Bonchev–Trinajstić information content (AvgIpc) is 3.29. The molecule has 2 heterocycles. The van der Waals surface area contributed by atoms with Gasteiger partial charge in [0, 0.05) is 5.56 Å². The van der Waals surface area contributed by atoms with Gasteiger partial charge in [-0.05, 0) is 18.1 Å². The number of nitrogens with one attached hydrogen (secondary N) is 1. The van der Waals surface area contributed by atoms with Crippen LogP contribution in [-0.2, 0) is 0 Å². The molecule has 0 aliphatic heterocycles. The average molecular weight is 349 g/mol. The summed E-state index contributed by atoms with van der Waals surface area (Å²) in [4.78, 5) is 5.48. The first-order valence-corrected chi connectivity index (χ1v) is 8.50. The zero-order valence-corrected chi connectivity index (χ0v) is 14.2. The van der Waals surface area contributed by atoms with Crippen molar-refractivity contribution in [3.63, 3.8) is 0 Å². The first-order chi connectivity index (χ1) is 12.2. The number of rotatable bonds is 4. The summed E-state index contributed by atoms with van der Waals surface area (Å²) in [7, 11) is 0. The standard InChI is InChI=1S/C18H15N5OS/c1-11-15(16-22-23-18(21-19)24-16)25-17(20-11)14-9-7-13(8-10-14)12-5-3-2-4-6-12/h2-10H,19H2,1H3,(H,21,23). The minimum Gasteiger partial charge on any atom is -0.402 e. The molecule has 4 aromatic rings. The Labute approximate surface area is 148 Å². The van der Waals surface area contributed by atoms with Crippen LogP contribution >= 0.6 is 11.3 Å². The van der Waals surface area contributed by atoms with E-state index in [1.807, 2.05) is 25.1 Å². The van der Waals surface area contributed by atoms with Gasteiger partial charge in [-0.3, -0.25) is 5.43 Å². The number of aryl methyl sites for hydroxylation is 1. The summed E-state index contributed by atoms with van der Waals surface area (Å²) >= 11 is 1.52. The summed E-state index contributed by atoms with van der Waals surface area (Å²) in [6, 6.07) is 18.8. The number of hydrazine groups is 1. The number of hydrogen-bond acceptors (Lipinski definition) is 7. The van der Waals surface area contributed by atoms with Crippen molar-refractivity contribution in [3.05, 3.63) is 60.3 Å². The maximum Gasteiger partial charge on any atom is 0.330 e. The lowest BCUT2D eigenvalue weighted by atomic mass is 10.0. The third kappa shape index (κ3) is 3.02. The van der Waals surface area contributed by atoms with Crippen LogP contribution in [0.4, 0.5) is 6.01 Å². The van der Waals surface area contributed by atoms with Gasteiger partial charge < -0.3 is 4.42 Å². The van der Waals surface area contributed by atoms with Gasteiger partial charge in [0.2, 0.25) is 0 Å². The second-order valence-electron chi connectivity index (χ2n) is 5.43. The molecule has 7 heteroatoms. The first kappa shape index (κ1) is 15.5. The molecule has 3 N–H and O–H groups in total. The Balaban J connectivity index is 1.65. The number of nitrogens with two attached hydrogens (primary N) is 1. The minimum atomic E-state index is 0.177. The molecule has 0 saturated carbocycles. The van der Waals surface area contributed by atoms with E-state index < -0.39 is 0 Å². The molecule has 124 valence electrons. The predicted molar refractivity (Wildman–Crippen MR) is 98.8 cm³/mol. The first-order valence-electron chi connectivity index (χ1n) is 7.68. The van der Waals surface area contributed by atoms with E-state index in [4.69, 9.17) is 10.3 Å². The van der Waals surface area contributed by atoms with Crippen LogP contribution in [0.5, 0.6) is 0 Å². The molecule has 0 radical (unpaired) electrons. The van der Waals surface area contributed by atoms with Crippen molar-refractivity contribution in [1.82, 2.24) is 15.2 Å². The highest BCUT2D eigenvalue weighted by molar-refractivity contribution is 7.18. The number of nitrogens with zero attached hydrogens (tertiary/aromatic N) is 3. The lowest BCUT2D eigenvalue weighted by Gasteiger charge is -2.02. The van der Waals surface area contributed by atoms with Gasteiger partial charge in [0.05, 0.1) is 5.69 Å². The van der Waals surface area contributed by atoms with E-state index in [1.54, 1.807) is 0 Å². The van der Waals surface area contributed by atoms with Gasteiger partial charge >= 0.3 is 6.01 Å². The molecule has 0 unspecified atom stereocenters. The van der Waals surface area contributed by atoms with E-state index in [-0.39, 0.29) is 6.01 Å². The summed E-state index contributed by atoms with van der Waals surface area (Å²) in [5.74, 6) is 5.69. The number of hydrogen-bond donors (Lipinski definition) is 2. The maximum atomic E-state index is 5.44. The Morgan fingerprint density at radius 3 is 2.28 bits per heavy atom. The zero-order chi connectivity index (χ0) is 17.2. The van der Waals surface area contributed by atoms with Gasteiger partial charge in [-0.1, -0.05) is 59.7 Å². The minimum absolute atomic E-state index is 0.177. The summed E-state index contributed by atoms with van der Waals surface area (Å²) in [5, 5.41) is 8.71. The smallest absolute Gasteiger partial charge is 0.330 e. The molecule has 0 atom stereocenters. The fourth-order valence-corrected chi connectivity index (χ4v) is 3.52. The molecule has 6 nitrogen and oxygen atoms in total. The molecule has 0 amide bonds. The molecule has 2 aromatic heterocycles. The van der Waals surface area contributed by atoms with Crippen molar-refractivity contribution in [3.8, 4) is 32.5 Å². The van der Waals surface area contributed by atoms with Crippen LogP contribution in [0.2, 0.25) is 0 Å². The fraction of sp³-hybridized carbons (Fsp3) is 0.0556. The van der Waals surface area contributed by atoms with Gasteiger partial charge in [-0.15, -0.1) is 16.4 Å². The van der Waals surface area contributed by atoms with Crippen LogP contribution in [0.3, 0.4) is 0 Å². The van der Waals surface area contributed by atoms with Crippen molar-refractivity contribution in [2.45, 2.75) is 6.92 Å². The van der Waals surface area contributed by atoms with E-state index in [9.17, 15) is 0 Å². The quantitative estimate of drug-likeness (QED) is 0.425. The van der Waals surface area contributed by atoms with Gasteiger partial charge in [0.25, 0.3) is 5.89 Å². The van der Waals surface area contributed by atoms with Gasteiger partial charge in [0.1, 0.15) is 9.88 Å². The van der Waals surface area contributed by atoms with Crippen molar-refractivity contribution in [1.29, 1.82) is 0 Å². The van der Waals surface area contributed by atoms with Crippen molar-refractivity contribution < 1.29 is 4.42 Å². The molecular weight excluding hydrogens is 334 g/mol. The Bertz CT molecular complexity index is 992. The molecule has 0 aliphatic carbocycles. The van der Waals surface area contributed by atoms with E-state index >= 15 is 0 Å². The largest absolute Gasteiger partial charge is 0.402 e. The van der Waals surface area contributed by atoms with Crippen molar-refractivity contribution in [2.75, 3.05) is 5.43 Å². The van der Waals surface area contributed by atoms with Crippen LogP contribution in [0.1, 0.15) is 5.69 Å². The third-order valence-corrected chi connectivity index (χ3v) is 4.97. The number of aromatic nitrogens is 3. The SMILES string of the molecule is Cc1nc(-c2ccc(-c3ccccc3)cc2)sc1-c1nnc(NN)o1. The number of benzene rings is 2. The number of nitrogen functional groups attached to an aromatic ring is 1. The van der Waals surface area contributed by atoms with E-state index in [0.717, 1.165) is 21.1 Å². The number of thiazole rings is 1. The van der Waals surface area contributed by atoms with E-state index in [2.05, 4.69) is 57.0 Å². The van der Waals surface area contributed by atoms with Crippen LogP contribution in [0.25, 0.3) is 32.5 Å². The Kier molecular flexibility index (Phi) is 4.01. The zero-order valence-electron chi connectivity index (χ0n) is 13.4. The topological polar surface area (TPSA) is 89.9 Å². The highest BCUT2D eigenvalue weighted by Crippen LogP contribution is 2.35. The van der Waals surface area contributed by atoms with Crippen LogP contribution < -0.4 is 11.3 Å². The fourth-order valence-electron chi connectivity index (χ4n) is 2.53. The van der Waals surface area contributed by atoms with Gasteiger partial charge in [0.15, 0.2) is 0 Å². The molecule has 2 aromatic carbocycles. The summed E-state index contributed by atoms with van der Waals surface area (Å²) < 4.78 is 5.44. The second-order valence-corrected chi connectivity index (χ2v) is 6.43. The van der Waals surface area contributed by atoms with Crippen LogP contribution in [0.15, 0.2) is 59.0 Å². The molecule has 0 spiro atoms. The highest BCUT2D eigenvalue weighted by Gasteiger charge is 2.16.